The Labute approximate surface area is 124 Å². The molecule has 2 aliphatic rings. The molecule has 4 nitrogen and oxygen atoms in total. The summed E-state index contributed by atoms with van der Waals surface area (Å²) in [4.78, 5) is 2.60. The summed E-state index contributed by atoms with van der Waals surface area (Å²) in [6.07, 6.45) is 3.57. The summed E-state index contributed by atoms with van der Waals surface area (Å²) < 4.78 is 11.4. The third-order valence-electron chi connectivity index (χ3n) is 4.54. The van der Waals surface area contributed by atoms with Crippen LogP contribution >= 0.6 is 0 Å². The molecule has 2 rings (SSSR count). The van der Waals surface area contributed by atoms with Crippen LogP contribution < -0.4 is 5.32 Å². The molecule has 0 amide bonds. The van der Waals surface area contributed by atoms with Gasteiger partial charge in [0.25, 0.3) is 0 Å². The average Bonchev–Trinajstić information content (AvgIpc) is 2.39. The first kappa shape index (κ1) is 16.2. The van der Waals surface area contributed by atoms with Crippen LogP contribution in [-0.2, 0) is 9.47 Å². The highest BCUT2D eigenvalue weighted by Crippen LogP contribution is 2.32. The molecule has 1 N–H and O–H groups in total. The number of morpholine rings is 1. The van der Waals surface area contributed by atoms with Crippen molar-refractivity contribution in [2.45, 2.75) is 45.6 Å². The Hall–Kier alpha value is -0.160. The molecule has 0 bridgehead atoms. The van der Waals surface area contributed by atoms with Crippen molar-refractivity contribution in [1.29, 1.82) is 0 Å². The molecule has 0 atom stereocenters. The van der Waals surface area contributed by atoms with Gasteiger partial charge in [0.2, 0.25) is 0 Å². The van der Waals surface area contributed by atoms with Crippen molar-refractivity contribution in [3.63, 3.8) is 0 Å². The van der Waals surface area contributed by atoms with Crippen molar-refractivity contribution in [3.05, 3.63) is 0 Å². The quantitative estimate of drug-likeness (QED) is 0.755. The van der Waals surface area contributed by atoms with E-state index in [0.29, 0.717) is 5.41 Å². The molecular formula is C16H32N2O2. The van der Waals surface area contributed by atoms with Gasteiger partial charge in [0.05, 0.1) is 12.2 Å². The van der Waals surface area contributed by atoms with E-state index in [1.807, 2.05) is 0 Å². The van der Waals surface area contributed by atoms with Gasteiger partial charge in [-0.25, -0.2) is 0 Å². The second kappa shape index (κ2) is 7.21. The van der Waals surface area contributed by atoms with Crippen LogP contribution in [0.25, 0.3) is 0 Å². The van der Waals surface area contributed by atoms with Gasteiger partial charge < -0.3 is 14.8 Å². The Bertz CT molecular complexity index is 288. The summed E-state index contributed by atoms with van der Waals surface area (Å²) in [5, 5.41) is 3.64. The van der Waals surface area contributed by atoms with Crippen LogP contribution in [0.5, 0.6) is 0 Å². The van der Waals surface area contributed by atoms with E-state index in [9.17, 15) is 0 Å². The zero-order valence-electron chi connectivity index (χ0n) is 13.5. The van der Waals surface area contributed by atoms with E-state index in [1.54, 1.807) is 0 Å². The minimum Gasteiger partial charge on any atom is -0.381 e. The van der Waals surface area contributed by atoms with Gasteiger partial charge in [-0.3, -0.25) is 4.90 Å². The minimum atomic E-state index is 0.00144. The fourth-order valence-electron chi connectivity index (χ4n) is 3.45. The van der Waals surface area contributed by atoms with Crippen LogP contribution in [0.2, 0.25) is 0 Å². The summed E-state index contributed by atoms with van der Waals surface area (Å²) in [6.45, 7) is 14.9. The predicted octanol–water partition coefficient (Wildman–Crippen LogP) is 1.89. The zero-order valence-corrected chi connectivity index (χ0v) is 13.5. The van der Waals surface area contributed by atoms with E-state index in [4.69, 9.17) is 9.47 Å². The van der Waals surface area contributed by atoms with Crippen LogP contribution in [0.15, 0.2) is 0 Å². The summed E-state index contributed by atoms with van der Waals surface area (Å²) in [7, 11) is 0. The van der Waals surface area contributed by atoms with Gasteiger partial charge in [-0.2, -0.15) is 0 Å². The molecule has 4 heteroatoms. The molecule has 0 radical (unpaired) electrons. The molecule has 0 unspecified atom stereocenters. The van der Waals surface area contributed by atoms with E-state index in [2.05, 4.69) is 31.0 Å². The molecule has 2 aliphatic heterocycles. The van der Waals surface area contributed by atoms with E-state index in [0.717, 1.165) is 46.0 Å². The third kappa shape index (κ3) is 4.69. The van der Waals surface area contributed by atoms with Crippen LogP contribution in [-0.4, -0.2) is 63.0 Å². The standard InChI is InChI=1S/C16H32N2O2/c1-4-7-17-12-16(5-9-19-10-6-16)14-18-8-11-20-15(2,3)13-18/h17H,4-14H2,1-3H3. The zero-order chi connectivity index (χ0) is 14.5. The lowest BCUT2D eigenvalue weighted by Crippen LogP contribution is -2.54. The molecule has 0 aromatic carbocycles. The number of hydrogen-bond donors (Lipinski definition) is 1. The lowest BCUT2D eigenvalue weighted by atomic mass is 9.79. The third-order valence-corrected chi connectivity index (χ3v) is 4.54. The van der Waals surface area contributed by atoms with Crippen molar-refractivity contribution in [2.75, 3.05) is 52.5 Å². The van der Waals surface area contributed by atoms with Gasteiger partial charge in [0, 0.05) is 39.4 Å². The highest BCUT2D eigenvalue weighted by molar-refractivity contribution is 4.90. The highest BCUT2D eigenvalue weighted by Gasteiger charge is 2.37. The summed E-state index contributed by atoms with van der Waals surface area (Å²) in [5.74, 6) is 0. The second-order valence-corrected chi connectivity index (χ2v) is 7.11. The molecule has 0 aliphatic carbocycles. The lowest BCUT2D eigenvalue weighted by molar-refractivity contribution is -0.102. The molecule has 0 spiro atoms. The topological polar surface area (TPSA) is 33.7 Å². The van der Waals surface area contributed by atoms with Gasteiger partial charge >= 0.3 is 0 Å². The Morgan fingerprint density at radius 2 is 1.90 bits per heavy atom. The van der Waals surface area contributed by atoms with Gasteiger partial charge in [-0.1, -0.05) is 6.92 Å². The Balaban J connectivity index is 1.92. The molecule has 0 aromatic rings. The number of hydrogen-bond acceptors (Lipinski definition) is 4. The Morgan fingerprint density at radius 3 is 2.55 bits per heavy atom. The minimum absolute atomic E-state index is 0.00144. The monoisotopic (exact) mass is 284 g/mol. The Morgan fingerprint density at radius 1 is 1.15 bits per heavy atom. The smallest absolute Gasteiger partial charge is 0.0753 e. The first-order valence-corrected chi connectivity index (χ1v) is 8.20. The summed E-state index contributed by atoms with van der Waals surface area (Å²) >= 11 is 0. The normalized spacial score (nSPS) is 26.6. The van der Waals surface area contributed by atoms with Crippen molar-refractivity contribution in [2.24, 2.45) is 5.41 Å². The molecule has 2 saturated heterocycles. The molecule has 2 heterocycles. The van der Waals surface area contributed by atoms with Crippen molar-refractivity contribution < 1.29 is 9.47 Å². The molecule has 0 aromatic heterocycles. The van der Waals surface area contributed by atoms with Crippen molar-refractivity contribution in [3.8, 4) is 0 Å². The van der Waals surface area contributed by atoms with E-state index in [-0.39, 0.29) is 5.60 Å². The molecule has 118 valence electrons. The first-order valence-electron chi connectivity index (χ1n) is 8.20. The van der Waals surface area contributed by atoms with E-state index >= 15 is 0 Å². The maximum Gasteiger partial charge on any atom is 0.0753 e. The molecule has 2 fully saturated rings. The maximum absolute atomic E-state index is 5.83. The second-order valence-electron chi connectivity index (χ2n) is 7.11. The lowest BCUT2D eigenvalue weighted by Gasteiger charge is -2.45. The van der Waals surface area contributed by atoms with Crippen LogP contribution in [0.4, 0.5) is 0 Å². The van der Waals surface area contributed by atoms with Crippen LogP contribution in [0, 0.1) is 5.41 Å². The number of ether oxygens (including phenoxy) is 2. The number of nitrogens with one attached hydrogen (secondary N) is 1. The Kier molecular flexibility index (Phi) is 5.84. The fraction of sp³-hybridized carbons (Fsp3) is 1.00. The van der Waals surface area contributed by atoms with Gasteiger partial charge in [0.1, 0.15) is 0 Å². The SMILES string of the molecule is CCCNCC1(CN2CCOC(C)(C)C2)CCOCC1. The molecular weight excluding hydrogens is 252 g/mol. The largest absolute Gasteiger partial charge is 0.381 e. The summed E-state index contributed by atoms with van der Waals surface area (Å²) in [5.41, 5.74) is 0.391. The summed E-state index contributed by atoms with van der Waals surface area (Å²) in [6, 6.07) is 0. The fourth-order valence-corrected chi connectivity index (χ4v) is 3.45. The average molecular weight is 284 g/mol. The van der Waals surface area contributed by atoms with Gasteiger partial charge in [-0.15, -0.1) is 0 Å². The highest BCUT2D eigenvalue weighted by atomic mass is 16.5. The van der Waals surface area contributed by atoms with Crippen molar-refractivity contribution >= 4 is 0 Å². The van der Waals surface area contributed by atoms with Crippen LogP contribution in [0.3, 0.4) is 0 Å². The number of rotatable bonds is 6. The predicted molar refractivity (Wildman–Crippen MR) is 82.1 cm³/mol. The van der Waals surface area contributed by atoms with Gasteiger partial charge in [0.15, 0.2) is 0 Å². The van der Waals surface area contributed by atoms with E-state index in [1.165, 1.54) is 25.8 Å². The van der Waals surface area contributed by atoms with E-state index < -0.39 is 0 Å². The number of nitrogens with zero attached hydrogens (tertiary/aromatic N) is 1. The van der Waals surface area contributed by atoms with Crippen molar-refractivity contribution in [1.82, 2.24) is 10.2 Å². The molecule has 20 heavy (non-hydrogen) atoms. The van der Waals surface area contributed by atoms with Gasteiger partial charge in [-0.05, 0) is 45.1 Å². The maximum atomic E-state index is 5.83. The molecule has 0 saturated carbocycles. The first-order chi connectivity index (χ1) is 9.55. The van der Waals surface area contributed by atoms with Crippen LogP contribution in [0.1, 0.15) is 40.0 Å².